The van der Waals surface area contributed by atoms with E-state index in [1.54, 1.807) is 27.7 Å². The molecule has 0 heterocycles. The van der Waals surface area contributed by atoms with Crippen LogP contribution in [0, 0.1) is 10.8 Å². The van der Waals surface area contributed by atoms with Crippen LogP contribution in [0.15, 0.2) is 0 Å². The average molecular weight is 244 g/mol. The van der Waals surface area contributed by atoms with Gasteiger partial charge in [0.2, 0.25) is 0 Å². The molecule has 0 aromatic carbocycles. The molecule has 0 unspecified atom stereocenters. The fourth-order valence-electron chi connectivity index (χ4n) is 1.70. The van der Waals surface area contributed by atoms with Gasteiger partial charge in [0, 0.05) is 0 Å². The summed E-state index contributed by atoms with van der Waals surface area (Å²) in [6.07, 6.45) is 0.692. The number of carboxylic acid groups (broad SMARTS) is 2. The summed E-state index contributed by atoms with van der Waals surface area (Å²) in [6.45, 7) is 6.72. The minimum atomic E-state index is -1.68. The van der Waals surface area contributed by atoms with E-state index in [1.165, 1.54) is 0 Å². The molecule has 0 saturated heterocycles. The molecule has 15 heavy (non-hydrogen) atoms. The minimum absolute atomic E-state index is 0. The summed E-state index contributed by atoms with van der Waals surface area (Å²) in [4.78, 5) is 22.2. The van der Waals surface area contributed by atoms with Gasteiger partial charge in [-0.1, -0.05) is 34.1 Å². The van der Waals surface area contributed by atoms with Crippen molar-refractivity contribution in [2.75, 3.05) is 0 Å². The van der Waals surface area contributed by atoms with Crippen molar-refractivity contribution < 1.29 is 22.7 Å². The Morgan fingerprint density at radius 1 is 1.13 bits per heavy atom. The van der Waals surface area contributed by atoms with E-state index in [0.717, 1.165) is 0 Å². The van der Waals surface area contributed by atoms with Crippen molar-refractivity contribution in [3.63, 3.8) is 0 Å². The van der Waals surface area contributed by atoms with Crippen LogP contribution in [0.5, 0.6) is 0 Å². The maximum Gasteiger partial charge on any atom is 2.00 e. The van der Waals surface area contributed by atoms with Crippen molar-refractivity contribution in [1.29, 1.82) is 0 Å². The summed E-state index contributed by atoms with van der Waals surface area (Å²) >= 11 is 0. The number of hydrogen-bond acceptors (Lipinski definition) is 2. The second-order valence-corrected chi connectivity index (χ2v) is 4.52. The van der Waals surface area contributed by atoms with E-state index in [1.807, 2.05) is 0 Å². The summed E-state index contributed by atoms with van der Waals surface area (Å²) in [5.41, 5.74) is -2.47. The van der Waals surface area contributed by atoms with E-state index < -0.39 is 22.8 Å². The molecule has 0 aliphatic rings. The topological polar surface area (TPSA) is 74.6 Å². The van der Waals surface area contributed by atoms with Crippen LogP contribution in [0.1, 0.15) is 43.4 Å². The van der Waals surface area contributed by atoms with Crippen LogP contribution in [0.2, 0.25) is 0 Å². The summed E-state index contributed by atoms with van der Waals surface area (Å²) in [7, 11) is 0. The average Bonchev–Trinajstić information content (AvgIpc) is 1.95. The molecule has 0 fully saturated rings. The summed E-state index contributed by atoms with van der Waals surface area (Å²) in [6, 6.07) is 0. The summed E-state index contributed by atoms with van der Waals surface area (Å²) in [5.74, 6) is -2.50. The molecule has 0 spiro atoms. The zero-order chi connectivity index (χ0) is 11.6. The maximum absolute atomic E-state index is 11.1. The van der Waals surface area contributed by atoms with E-state index in [0.29, 0.717) is 6.42 Å². The van der Waals surface area contributed by atoms with Gasteiger partial charge in [-0.05, 0) is 11.8 Å². The van der Waals surface area contributed by atoms with Gasteiger partial charge in [-0.25, -0.2) is 0 Å². The first kappa shape index (κ1) is 17.6. The Hall–Kier alpha value is 0.200. The standard InChI is InChI=1S/C10H18O4.Ca.2H/c1-5-6-10(7(11)12,8(13)14)9(2,3)4;;;/h5-6H2,1-4H3,(H,11,12)(H,13,14);;;/q;+2;2*-1. The second-order valence-electron chi connectivity index (χ2n) is 4.52. The van der Waals surface area contributed by atoms with Gasteiger partial charge in [0.25, 0.3) is 0 Å². The van der Waals surface area contributed by atoms with E-state index in [-0.39, 0.29) is 47.0 Å². The molecule has 2 N–H and O–H groups in total. The molecular weight excluding hydrogens is 224 g/mol. The van der Waals surface area contributed by atoms with Crippen LogP contribution in [0.3, 0.4) is 0 Å². The number of aliphatic carboxylic acids is 2. The largest absolute Gasteiger partial charge is 2.00 e. The fourth-order valence-corrected chi connectivity index (χ4v) is 1.70. The van der Waals surface area contributed by atoms with Gasteiger partial charge in [-0.3, -0.25) is 9.59 Å². The third-order valence-corrected chi connectivity index (χ3v) is 2.64. The van der Waals surface area contributed by atoms with E-state index >= 15 is 0 Å². The fraction of sp³-hybridized carbons (Fsp3) is 0.800. The molecule has 0 aliphatic carbocycles. The van der Waals surface area contributed by atoms with E-state index in [9.17, 15) is 9.59 Å². The van der Waals surface area contributed by atoms with Gasteiger partial charge in [-0.15, -0.1) is 0 Å². The first-order valence-corrected chi connectivity index (χ1v) is 4.67. The molecule has 0 atom stereocenters. The summed E-state index contributed by atoms with van der Waals surface area (Å²) in [5, 5.41) is 18.2. The van der Waals surface area contributed by atoms with Crippen molar-refractivity contribution >= 4 is 49.7 Å². The monoisotopic (exact) mass is 244 g/mol. The predicted octanol–water partition coefficient (Wildman–Crippen LogP) is 1.83. The van der Waals surface area contributed by atoms with Crippen molar-refractivity contribution in [3.8, 4) is 0 Å². The normalized spacial score (nSPS) is 11.7. The van der Waals surface area contributed by atoms with Crippen molar-refractivity contribution in [2.24, 2.45) is 10.8 Å². The van der Waals surface area contributed by atoms with Crippen molar-refractivity contribution in [3.05, 3.63) is 0 Å². The zero-order valence-corrected chi connectivity index (χ0v) is 12.0. The molecule has 5 heteroatoms. The summed E-state index contributed by atoms with van der Waals surface area (Å²) < 4.78 is 0. The molecule has 0 amide bonds. The molecule has 0 aliphatic heterocycles. The van der Waals surface area contributed by atoms with Gasteiger partial charge in [-0.2, -0.15) is 0 Å². The molecule has 0 saturated carbocycles. The van der Waals surface area contributed by atoms with Crippen LogP contribution in [-0.2, 0) is 9.59 Å². The SMILES string of the molecule is CCCC(C(=O)O)(C(=O)O)C(C)(C)C.[Ca+2].[H-].[H-]. The molecule has 0 aromatic rings. The Morgan fingerprint density at radius 2 is 1.47 bits per heavy atom. The molecule has 4 nitrogen and oxygen atoms in total. The van der Waals surface area contributed by atoms with Crippen molar-refractivity contribution in [2.45, 2.75) is 40.5 Å². The number of hydrogen-bond donors (Lipinski definition) is 2. The van der Waals surface area contributed by atoms with Gasteiger partial charge in [0.05, 0.1) is 0 Å². The third kappa shape index (κ3) is 3.33. The van der Waals surface area contributed by atoms with Crippen LogP contribution in [0.25, 0.3) is 0 Å². The molecular formula is C10H20CaO4. The first-order valence-electron chi connectivity index (χ1n) is 4.67. The number of rotatable bonds is 4. The van der Waals surface area contributed by atoms with Crippen LogP contribution < -0.4 is 0 Å². The maximum atomic E-state index is 11.1. The van der Waals surface area contributed by atoms with Crippen LogP contribution in [0.4, 0.5) is 0 Å². The van der Waals surface area contributed by atoms with Crippen LogP contribution in [-0.4, -0.2) is 59.9 Å². The Balaban J connectivity index is -0.000000282. The Morgan fingerprint density at radius 3 is 1.53 bits per heavy atom. The molecule has 0 rings (SSSR count). The van der Waals surface area contributed by atoms with E-state index in [4.69, 9.17) is 10.2 Å². The van der Waals surface area contributed by atoms with Gasteiger partial charge >= 0.3 is 49.7 Å². The van der Waals surface area contributed by atoms with E-state index in [2.05, 4.69) is 0 Å². The smallest absolute Gasteiger partial charge is 1.00 e. The Kier molecular flexibility index (Phi) is 7.11. The van der Waals surface area contributed by atoms with Gasteiger partial charge in [0.1, 0.15) is 0 Å². The number of carbonyl (C=O) groups is 2. The molecule has 0 bridgehead atoms. The zero-order valence-electron chi connectivity index (χ0n) is 11.8. The first-order chi connectivity index (χ1) is 6.20. The quantitative estimate of drug-likeness (QED) is 0.584. The van der Waals surface area contributed by atoms with Gasteiger partial charge in [0.15, 0.2) is 5.41 Å². The minimum Gasteiger partial charge on any atom is -1.00 e. The number of carboxylic acids is 2. The van der Waals surface area contributed by atoms with Crippen molar-refractivity contribution in [1.82, 2.24) is 0 Å². The Bertz CT molecular complexity index is 237. The van der Waals surface area contributed by atoms with Gasteiger partial charge < -0.3 is 13.1 Å². The third-order valence-electron chi connectivity index (χ3n) is 2.64. The van der Waals surface area contributed by atoms with Crippen LogP contribution >= 0.6 is 0 Å². The Labute approximate surface area is 123 Å². The second kappa shape index (κ2) is 6.06. The molecule has 0 radical (unpaired) electrons. The molecule has 86 valence electrons. The molecule has 0 aromatic heterocycles. The predicted molar refractivity (Wildman–Crippen MR) is 60.0 cm³/mol.